The van der Waals surface area contributed by atoms with Gasteiger partial charge < -0.3 is 19.8 Å². The molecule has 2 N–H and O–H groups in total. The van der Waals surface area contributed by atoms with Crippen molar-refractivity contribution in [3.63, 3.8) is 0 Å². The van der Waals surface area contributed by atoms with Crippen molar-refractivity contribution in [2.45, 2.75) is 27.3 Å². The van der Waals surface area contributed by atoms with Crippen molar-refractivity contribution in [2.24, 2.45) is 0 Å². The molecule has 146 valence electrons. The number of rotatable bonds is 6. The number of aromatic nitrogens is 3. The highest BCUT2D eigenvalue weighted by Gasteiger charge is 2.22. The Kier molecular flexibility index (Phi) is 6.05. The molecule has 8 nitrogen and oxygen atoms in total. The number of furan rings is 1. The largest absolute Gasteiger partial charge is 0.467 e. The molecule has 0 aromatic carbocycles. The SMILES string of the molecule is CCOC(=O)c1c(C)nn(-c2ncccc2NC(=S)NCc2ccco2)c1C. The molecule has 0 aliphatic heterocycles. The molecular weight excluding hydrogens is 378 g/mol. The normalized spacial score (nSPS) is 10.5. The summed E-state index contributed by atoms with van der Waals surface area (Å²) in [5.41, 5.74) is 2.32. The molecule has 0 fully saturated rings. The quantitative estimate of drug-likeness (QED) is 0.482. The molecule has 0 aliphatic carbocycles. The number of carbonyl (C=O) groups is 1. The molecule has 0 saturated carbocycles. The molecule has 3 aromatic heterocycles. The molecule has 0 unspecified atom stereocenters. The van der Waals surface area contributed by atoms with Crippen LogP contribution >= 0.6 is 12.2 Å². The Balaban J connectivity index is 1.83. The smallest absolute Gasteiger partial charge is 0.341 e. The molecule has 28 heavy (non-hydrogen) atoms. The summed E-state index contributed by atoms with van der Waals surface area (Å²) < 4.78 is 12.0. The Bertz CT molecular complexity index is 982. The first-order chi connectivity index (χ1) is 13.5. The number of hydrogen-bond acceptors (Lipinski definition) is 6. The van der Waals surface area contributed by atoms with Crippen LogP contribution in [0.25, 0.3) is 5.82 Å². The van der Waals surface area contributed by atoms with E-state index >= 15 is 0 Å². The van der Waals surface area contributed by atoms with Crippen LogP contribution in [-0.4, -0.2) is 32.5 Å². The second kappa shape index (κ2) is 8.66. The average molecular weight is 399 g/mol. The molecule has 0 atom stereocenters. The van der Waals surface area contributed by atoms with Gasteiger partial charge >= 0.3 is 5.97 Å². The summed E-state index contributed by atoms with van der Waals surface area (Å²) in [7, 11) is 0. The van der Waals surface area contributed by atoms with E-state index in [0.717, 1.165) is 5.76 Å². The monoisotopic (exact) mass is 399 g/mol. The van der Waals surface area contributed by atoms with E-state index < -0.39 is 5.97 Å². The third kappa shape index (κ3) is 4.20. The minimum atomic E-state index is -0.398. The number of nitrogens with one attached hydrogen (secondary N) is 2. The maximum Gasteiger partial charge on any atom is 0.341 e. The lowest BCUT2D eigenvalue weighted by Gasteiger charge is -2.13. The fraction of sp³-hybridized carbons (Fsp3) is 0.263. The van der Waals surface area contributed by atoms with Gasteiger partial charge in [-0.2, -0.15) is 5.10 Å². The second-order valence-corrected chi connectivity index (χ2v) is 6.35. The summed E-state index contributed by atoms with van der Waals surface area (Å²) in [5, 5.41) is 11.1. The van der Waals surface area contributed by atoms with Gasteiger partial charge in [-0.3, -0.25) is 0 Å². The van der Waals surface area contributed by atoms with Crippen molar-refractivity contribution in [3.8, 4) is 5.82 Å². The molecule has 0 radical (unpaired) electrons. The molecule has 0 bridgehead atoms. The first-order valence-electron chi connectivity index (χ1n) is 8.77. The molecular formula is C19H21N5O3S. The number of anilines is 1. The van der Waals surface area contributed by atoms with Crippen molar-refractivity contribution in [1.82, 2.24) is 20.1 Å². The van der Waals surface area contributed by atoms with Gasteiger partial charge in [0.2, 0.25) is 0 Å². The fourth-order valence-electron chi connectivity index (χ4n) is 2.76. The van der Waals surface area contributed by atoms with Crippen LogP contribution in [0.1, 0.15) is 34.4 Å². The topological polar surface area (TPSA) is 94.2 Å². The average Bonchev–Trinajstić information content (AvgIpc) is 3.28. The van der Waals surface area contributed by atoms with E-state index in [1.807, 2.05) is 18.2 Å². The third-order valence-electron chi connectivity index (χ3n) is 4.01. The summed E-state index contributed by atoms with van der Waals surface area (Å²) in [5.74, 6) is 0.902. The van der Waals surface area contributed by atoms with Crippen LogP contribution in [0.15, 0.2) is 41.1 Å². The minimum absolute atomic E-state index is 0.300. The van der Waals surface area contributed by atoms with Gasteiger partial charge in [-0.1, -0.05) is 0 Å². The lowest BCUT2D eigenvalue weighted by molar-refractivity contribution is 0.0524. The maximum atomic E-state index is 12.2. The van der Waals surface area contributed by atoms with E-state index in [-0.39, 0.29) is 0 Å². The number of pyridine rings is 1. The van der Waals surface area contributed by atoms with E-state index in [4.69, 9.17) is 21.4 Å². The first-order valence-corrected chi connectivity index (χ1v) is 9.18. The molecule has 0 amide bonds. The van der Waals surface area contributed by atoms with E-state index in [9.17, 15) is 4.79 Å². The molecule has 0 spiro atoms. The molecule has 3 heterocycles. The summed E-state index contributed by atoms with van der Waals surface area (Å²) >= 11 is 5.36. The summed E-state index contributed by atoms with van der Waals surface area (Å²) in [4.78, 5) is 16.7. The Labute approximate surface area is 167 Å². The van der Waals surface area contributed by atoms with Gasteiger partial charge in [0.25, 0.3) is 0 Å². The zero-order chi connectivity index (χ0) is 20.1. The van der Waals surface area contributed by atoms with Crippen LogP contribution in [0.2, 0.25) is 0 Å². The molecule has 0 aliphatic rings. The van der Waals surface area contributed by atoms with Crippen molar-refractivity contribution in [3.05, 3.63) is 59.4 Å². The van der Waals surface area contributed by atoms with E-state index in [0.29, 0.717) is 46.7 Å². The van der Waals surface area contributed by atoms with E-state index in [1.54, 1.807) is 44.0 Å². The van der Waals surface area contributed by atoms with Crippen LogP contribution in [0.3, 0.4) is 0 Å². The van der Waals surface area contributed by atoms with Gasteiger partial charge in [0, 0.05) is 6.20 Å². The number of esters is 1. The summed E-state index contributed by atoms with van der Waals surface area (Å²) in [6.45, 7) is 6.10. The number of nitrogens with zero attached hydrogens (tertiary/aromatic N) is 3. The lowest BCUT2D eigenvalue weighted by atomic mass is 10.2. The predicted molar refractivity (Wildman–Crippen MR) is 109 cm³/mol. The molecule has 9 heteroatoms. The summed E-state index contributed by atoms with van der Waals surface area (Å²) in [6.07, 6.45) is 3.26. The zero-order valence-corrected chi connectivity index (χ0v) is 16.7. The number of ether oxygens (including phenoxy) is 1. The zero-order valence-electron chi connectivity index (χ0n) is 15.9. The van der Waals surface area contributed by atoms with Crippen molar-refractivity contribution >= 4 is 29.0 Å². The fourth-order valence-corrected chi connectivity index (χ4v) is 2.94. The van der Waals surface area contributed by atoms with Crippen LogP contribution in [0.5, 0.6) is 0 Å². The van der Waals surface area contributed by atoms with Crippen LogP contribution in [0, 0.1) is 13.8 Å². The van der Waals surface area contributed by atoms with Crippen LogP contribution < -0.4 is 10.6 Å². The van der Waals surface area contributed by atoms with Gasteiger partial charge in [0.05, 0.1) is 36.5 Å². The van der Waals surface area contributed by atoms with Gasteiger partial charge in [-0.05, 0) is 57.3 Å². The second-order valence-electron chi connectivity index (χ2n) is 5.94. The number of hydrogen-bond donors (Lipinski definition) is 2. The van der Waals surface area contributed by atoms with Crippen LogP contribution in [0.4, 0.5) is 5.69 Å². The Hall–Kier alpha value is -3.20. The van der Waals surface area contributed by atoms with Crippen molar-refractivity contribution in [2.75, 3.05) is 11.9 Å². The van der Waals surface area contributed by atoms with Crippen molar-refractivity contribution in [1.29, 1.82) is 0 Å². The van der Waals surface area contributed by atoms with Gasteiger partial charge in [-0.25, -0.2) is 14.5 Å². The number of thiocarbonyl (C=S) groups is 1. The minimum Gasteiger partial charge on any atom is -0.467 e. The van der Waals surface area contributed by atoms with E-state index in [2.05, 4.69) is 20.7 Å². The van der Waals surface area contributed by atoms with E-state index in [1.165, 1.54) is 0 Å². The lowest BCUT2D eigenvalue weighted by Crippen LogP contribution is -2.28. The Morgan fingerprint density at radius 1 is 1.32 bits per heavy atom. The highest BCUT2D eigenvalue weighted by atomic mass is 32.1. The van der Waals surface area contributed by atoms with Crippen molar-refractivity contribution < 1.29 is 13.9 Å². The maximum absolute atomic E-state index is 12.2. The molecule has 3 rings (SSSR count). The van der Waals surface area contributed by atoms with Crippen LogP contribution in [-0.2, 0) is 11.3 Å². The Morgan fingerprint density at radius 2 is 2.14 bits per heavy atom. The van der Waals surface area contributed by atoms with Gasteiger partial charge in [-0.15, -0.1) is 0 Å². The first kappa shape index (κ1) is 19.6. The number of carbonyl (C=O) groups excluding carboxylic acids is 1. The summed E-state index contributed by atoms with van der Waals surface area (Å²) in [6, 6.07) is 7.30. The highest BCUT2D eigenvalue weighted by Crippen LogP contribution is 2.23. The Morgan fingerprint density at radius 3 is 2.86 bits per heavy atom. The highest BCUT2D eigenvalue weighted by molar-refractivity contribution is 7.80. The third-order valence-corrected chi connectivity index (χ3v) is 4.26. The molecule has 3 aromatic rings. The predicted octanol–water partition coefficient (Wildman–Crippen LogP) is 3.14. The van der Waals surface area contributed by atoms with Gasteiger partial charge in [0.1, 0.15) is 11.3 Å². The standard InChI is InChI=1S/C19H21N5O3S/c1-4-26-18(25)16-12(2)23-24(13(16)3)17-15(8-5-9-20-17)22-19(28)21-11-14-7-6-10-27-14/h5-10H,4,11H2,1-3H3,(H2,21,22,28). The number of aryl methyl sites for hydroxylation is 1. The molecule has 0 saturated heterocycles. The van der Waals surface area contributed by atoms with Gasteiger partial charge in [0.15, 0.2) is 10.9 Å².